The maximum atomic E-state index is 12.7. The zero-order valence-electron chi connectivity index (χ0n) is 10.8. The summed E-state index contributed by atoms with van der Waals surface area (Å²) in [6.07, 6.45) is -17.2. The van der Waals surface area contributed by atoms with E-state index in [-0.39, 0.29) is 12.1 Å². The van der Waals surface area contributed by atoms with Crippen LogP contribution in [0.3, 0.4) is 0 Å². The molecule has 0 N–H and O–H groups in total. The van der Waals surface area contributed by atoms with Crippen LogP contribution in [0.15, 0.2) is 18.2 Å². The van der Waals surface area contributed by atoms with Crippen LogP contribution >= 0.6 is 11.6 Å². The SMILES string of the molecule is O=C(/C=C(\[O-])c1cc(Cl)c(C(F)(F)F)c(C(F)(F)F)c1)C(F)(F)F. The molecule has 0 heterocycles. The van der Waals surface area contributed by atoms with Crippen molar-refractivity contribution in [2.75, 3.05) is 0 Å². The Morgan fingerprint density at radius 2 is 1.46 bits per heavy atom. The van der Waals surface area contributed by atoms with Crippen molar-refractivity contribution in [3.63, 3.8) is 0 Å². The zero-order valence-corrected chi connectivity index (χ0v) is 11.6. The summed E-state index contributed by atoms with van der Waals surface area (Å²) in [7, 11) is 0. The van der Waals surface area contributed by atoms with Gasteiger partial charge in [-0.3, -0.25) is 4.79 Å². The molecule has 0 amide bonds. The molecule has 0 aliphatic carbocycles. The largest absolute Gasteiger partial charge is 0.872 e. The Labute approximate surface area is 132 Å². The predicted octanol–water partition coefficient (Wildman–Crippen LogP) is 4.21. The van der Waals surface area contributed by atoms with E-state index in [0.717, 1.165) is 0 Å². The number of hydrogen-bond acceptors (Lipinski definition) is 2. The molecule has 0 aliphatic rings. The van der Waals surface area contributed by atoms with Crippen LogP contribution in [0.1, 0.15) is 16.7 Å². The molecule has 2 nitrogen and oxygen atoms in total. The summed E-state index contributed by atoms with van der Waals surface area (Å²) in [5, 5.41) is 9.86. The van der Waals surface area contributed by atoms with Crippen LogP contribution in [0.25, 0.3) is 5.76 Å². The molecule has 0 radical (unpaired) electrons. The molecule has 0 aromatic heterocycles. The van der Waals surface area contributed by atoms with Crippen molar-refractivity contribution >= 4 is 23.1 Å². The minimum Gasteiger partial charge on any atom is -0.872 e. The molecule has 1 aromatic rings. The van der Waals surface area contributed by atoms with Crippen LogP contribution in [-0.2, 0) is 17.1 Å². The molecule has 0 saturated carbocycles. The smallest absolute Gasteiger partial charge is 0.454 e. The van der Waals surface area contributed by atoms with Gasteiger partial charge >= 0.3 is 18.5 Å². The molecule has 0 aliphatic heterocycles. The first kappa shape index (κ1) is 20.1. The van der Waals surface area contributed by atoms with Gasteiger partial charge in [-0.2, -0.15) is 39.5 Å². The van der Waals surface area contributed by atoms with Gasteiger partial charge in [-0.1, -0.05) is 17.4 Å². The third kappa shape index (κ3) is 4.56. The van der Waals surface area contributed by atoms with E-state index in [4.69, 9.17) is 11.6 Å². The Hall–Kier alpha value is -1.91. The number of carbonyl (C=O) groups is 1. The highest BCUT2D eigenvalue weighted by Crippen LogP contribution is 2.44. The quantitative estimate of drug-likeness (QED) is 0.435. The van der Waals surface area contributed by atoms with Crippen molar-refractivity contribution in [2.45, 2.75) is 18.5 Å². The molecule has 0 atom stereocenters. The van der Waals surface area contributed by atoms with E-state index >= 15 is 0 Å². The Morgan fingerprint density at radius 3 is 1.83 bits per heavy atom. The zero-order chi connectivity index (χ0) is 19.1. The van der Waals surface area contributed by atoms with E-state index in [0.29, 0.717) is 0 Å². The summed E-state index contributed by atoms with van der Waals surface area (Å²) in [4.78, 5) is 10.6. The topological polar surface area (TPSA) is 40.1 Å². The lowest BCUT2D eigenvalue weighted by atomic mass is 10.0. The average molecular weight is 386 g/mol. The van der Waals surface area contributed by atoms with Crippen molar-refractivity contribution in [1.29, 1.82) is 0 Å². The Kier molecular flexibility index (Phi) is 5.19. The van der Waals surface area contributed by atoms with Crippen LogP contribution in [0, 0.1) is 0 Å². The van der Waals surface area contributed by atoms with Gasteiger partial charge < -0.3 is 5.11 Å². The van der Waals surface area contributed by atoms with E-state index in [1.807, 2.05) is 0 Å². The van der Waals surface area contributed by atoms with Crippen LogP contribution in [-0.4, -0.2) is 12.0 Å². The van der Waals surface area contributed by atoms with Crippen molar-refractivity contribution in [3.8, 4) is 0 Å². The maximum absolute atomic E-state index is 12.7. The molecule has 12 heteroatoms. The Morgan fingerprint density at radius 1 is 0.958 bits per heavy atom. The highest BCUT2D eigenvalue weighted by atomic mass is 35.5. The minimum absolute atomic E-state index is 0.0993. The Balaban J connectivity index is 3.58. The van der Waals surface area contributed by atoms with Gasteiger partial charge in [-0.05, 0) is 23.8 Å². The molecular weight excluding hydrogens is 383 g/mol. The van der Waals surface area contributed by atoms with Gasteiger partial charge in [0.25, 0.3) is 5.78 Å². The number of benzene rings is 1. The fourth-order valence-corrected chi connectivity index (χ4v) is 1.87. The highest BCUT2D eigenvalue weighted by molar-refractivity contribution is 6.31. The van der Waals surface area contributed by atoms with Crippen LogP contribution < -0.4 is 5.11 Å². The lowest BCUT2D eigenvalue weighted by Gasteiger charge is -2.21. The first-order valence-corrected chi connectivity index (χ1v) is 5.91. The standard InChI is InChI=1S/C12H4ClF9O2/c13-6-2-4(7(23)3-8(24)11(17,18)19)1-5(10(14,15)16)9(6)12(20,21)22/h1-3,23H/p-1/b7-3-. The summed E-state index contributed by atoms with van der Waals surface area (Å²) in [6, 6.07) is -0.223. The normalized spacial score (nSPS) is 14.0. The summed E-state index contributed by atoms with van der Waals surface area (Å²) in [5.74, 6) is -4.56. The van der Waals surface area contributed by atoms with E-state index < -0.39 is 57.9 Å². The van der Waals surface area contributed by atoms with E-state index in [1.165, 1.54) is 0 Å². The van der Waals surface area contributed by atoms with E-state index in [2.05, 4.69) is 0 Å². The highest BCUT2D eigenvalue weighted by Gasteiger charge is 2.45. The first-order valence-electron chi connectivity index (χ1n) is 5.53. The molecule has 24 heavy (non-hydrogen) atoms. The summed E-state index contributed by atoms with van der Waals surface area (Å²) >= 11 is 5.10. The van der Waals surface area contributed by atoms with Gasteiger partial charge in [0, 0.05) is 0 Å². The molecule has 1 rings (SSSR count). The number of allylic oxidation sites excluding steroid dienone is 1. The van der Waals surface area contributed by atoms with Gasteiger partial charge in [-0.25, -0.2) is 0 Å². The Bertz CT molecular complexity index is 683. The van der Waals surface area contributed by atoms with Crippen molar-refractivity contribution < 1.29 is 49.4 Å². The molecule has 0 spiro atoms. The monoisotopic (exact) mass is 385 g/mol. The van der Waals surface area contributed by atoms with Gasteiger partial charge in [0.15, 0.2) is 0 Å². The second-order valence-electron chi connectivity index (χ2n) is 4.25. The van der Waals surface area contributed by atoms with Crippen LogP contribution in [0.2, 0.25) is 5.02 Å². The van der Waals surface area contributed by atoms with E-state index in [1.54, 1.807) is 0 Å². The third-order valence-electron chi connectivity index (χ3n) is 2.51. The molecule has 0 fully saturated rings. The number of hydrogen-bond donors (Lipinski definition) is 0. The molecule has 1 aromatic carbocycles. The van der Waals surface area contributed by atoms with E-state index in [9.17, 15) is 49.4 Å². The number of ketones is 1. The number of carbonyl (C=O) groups excluding carboxylic acids is 1. The average Bonchev–Trinajstić information content (AvgIpc) is 2.33. The maximum Gasteiger partial charge on any atom is 0.454 e. The summed E-state index contributed by atoms with van der Waals surface area (Å²) in [6.45, 7) is 0. The lowest BCUT2D eigenvalue weighted by molar-refractivity contribution is -0.244. The van der Waals surface area contributed by atoms with Gasteiger partial charge in [-0.15, -0.1) is 0 Å². The minimum atomic E-state index is -5.60. The van der Waals surface area contributed by atoms with Crippen molar-refractivity contribution in [2.24, 2.45) is 0 Å². The van der Waals surface area contributed by atoms with Gasteiger partial charge in [0.05, 0.1) is 16.1 Å². The van der Waals surface area contributed by atoms with Gasteiger partial charge in [0.2, 0.25) is 0 Å². The first-order chi connectivity index (χ1) is 10.5. The van der Waals surface area contributed by atoms with Gasteiger partial charge in [0.1, 0.15) is 0 Å². The van der Waals surface area contributed by atoms with Crippen molar-refractivity contribution in [1.82, 2.24) is 0 Å². The molecule has 134 valence electrons. The van der Waals surface area contributed by atoms with Crippen LogP contribution in [0.5, 0.6) is 0 Å². The number of alkyl halides is 9. The fourth-order valence-electron chi connectivity index (χ4n) is 1.54. The van der Waals surface area contributed by atoms with Crippen molar-refractivity contribution in [3.05, 3.63) is 39.9 Å². The summed E-state index contributed by atoms with van der Waals surface area (Å²) in [5.41, 5.74) is -5.91. The fraction of sp³-hybridized carbons (Fsp3) is 0.250. The molecular formula is C12H3ClF9O2-. The molecule has 0 bridgehead atoms. The molecule has 0 unspecified atom stereocenters. The number of halogens is 10. The second kappa shape index (κ2) is 6.19. The predicted molar refractivity (Wildman–Crippen MR) is 60.5 cm³/mol. The second-order valence-corrected chi connectivity index (χ2v) is 4.65. The third-order valence-corrected chi connectivity index (χ3v) is 2.80. The summed E-state index contributed by atoms with van der Waals surface area (Å²) < 4.78 is 112. The lowest BCUT2D eigenvalue weighted by Crippen LogP contribution is -2.22. The van der Waals surface area contributed by atoms with Crippen LogP contribution in [0.4, 0.5) is 39.5 Å². The molecule has 0 saturated heterocycles. The number of rotatable bonds is 2.